The Morgan fingerprint density at radius 1 is 0.735 bits per heavy atom. The summed E-state index contributed by atoms with van der Waals surface area (Å²) in [6.07, 6.45) is -3.40. The van der Waals surface area contributed by atoms with Crippen molar-refractivity contribution >= 4 is 11.8 Å². The first-order chi connectivity index (χ1) is 16.0. The van der Waals surface area contributed by atoms with Gasteiger partial charge in [0, 0.05) is 17.7 Å². The van der Waals surface area contributed by atoms with Crippen molar-refractivity contribution in [3.8, 4) is 51.7 Å². The lowest BCUT2D eigenvalue weighted by atomic mass is 9.92. The van der Waals surface area contributed by atoms with Crippen LogP contribution in [0, 0.1) is 0 Å². The fraction of sp³-hybridized carbons (Fsp3) is 0.0909. The zero-order valence-corrected chi connectivity index (χ0v) is 16.8. The van der Waals surface area contributed by atoms with Crippen molar-refractivity contribution < 1.29 is 59.9 Å². The molecule has 0 saturated heterocycles. The number of hydrogen-bond donors (Lipinski definition) is 8. The summed E-state index contributed by atoms with van der Waals surface area (Å²) in [6, 6.07) is 5.26. The summed E-state index contributed by atoms with van der Waals surface area (Å²) in [5, 5.41) is 78.0. The molecule has 12 nitrogen and oxygen atoms in total. The number of ether oxygens (including phenoxy) is 2. The molecule has 0 amide bonds. The normalized spacial score (nSPS) is 17.0. The quantitative estimate of drug-likeness (QED) is 0.203. The molecule has 0 saturated carbocycles. The first-order valence-corrected chi connectivity index (χ1v) is 9.45. The van der Waals surface area contributed by atoms with Crippen molar-refractivity contribution in [2.24, 2.45) is 0 Å². The van der Waals surface area contributed by atoms with Crippen LogP contribution in [0.1, 0.15) is 32.4 Å². The molecule has 8 N–H and O–H groups in total. The maximum atomic E-state index is 13.2. The Balaban J connectivity index is 1.81. The first-order valence-electron chi connectivity index (χ1n) is 9.45. The highest BCUT2D eigenvalue weighted by Crippen LogP contribution is 2.46. The fourth-order valence-electron chi connectivity index (χ4n) is 3.46. The van der Waals surface area contributed by atoms with Crippen LogP contribution in [0.3, 0.4) is 0 Å². The van der Waals surface area contributed by atoms with Crippen LogP contribution in [-0.4, -0.2) is 58.7 Å². The lowest BCUT2D eigenvalue weighted by Gasteiger charge is -2.32. The third-order valence-electron chi connectivity index (χ3n) is 5.06. The molecule has 4 rings (SSSR count). The molecule has 2 unspecified atom stereocenters. The van der Waals surface area contributed by atoms with Gasteiger partial charge in [-0.3, -0.25) is 4.79 Å². The van der Waals surface area contributed by atoms with Crippen molar-refractivity contribution in [2.75, 3.05) is 0 Å². The number of carbonyl (C=O) groups excluding carboxylic acids is 2. The second-order valence-electron chi connectivity index (χ2n) is 7.34. The van der Waals surface area contributed by atoms with E-state index in [0.717, 1.165) is 36.4 Å². The van der Waals surface area contributed by atoms with Crippen LogP contribution in [0.4, 0.5) is 0 Å². The number of phenolic OH excluding ortho intramolecular Hbond substituents is 8. The van der Waals surface area contributed by atoms with Crippen molar-refractivity contribution in [3.05, 3.63) is 53.1 Å². The number of hydrogen-bond acceptors (Lipinski definition) is 12. The molecule has 3 aromatic carbocycles. The summed E-state index contributed by atoms with van der Waals surface area (Å²) in [7, 11) is 0. The second-order valence-corrected chi connectivity index (χ2v) is 7.34. The first kappa shape index (κ1) is 22.2. The highest BCUT2D eigenvalue weighted by Gasteiger charge is 2.43. The lowest BCUT2D eigenvalue weighted by Crippen LogP contribution is -2.40. The van der Waals surface area contributed by atoms with Gasteiger partial charge in [0.1, 0.15) is 22.8 Å². The van der Waals surface area contributed by atoms with Gasteiger partial charge in [-0.25, -0.2) is 4.79 Å². The van der Waals surface area contributed by atoms with Crippen molar-refractivity contribution in [1.29, 1.82) is 0 Å². The van der Waals surface area contributed by atoms with Crippen LogP contribution >= 0.6 is 0 Å². The van der Waals surface area contributed by atoms with Gasteiger partial charge in [0.05, 0.1) is 5.56 Å². The maximum absolute atomic E-state index is 13.2. The summed E-state index contributed by atoms with van der Waals surface area (Å²) in [5.41, 5.74) is -1.03. The summed E-state index contributed by atoms with van der Waals surface area (Å²) in [5.74, 6) is -8.69. The number of phenols is 8. The molecule has 34 heavy (non-hydrogen) atoms. The number of Topliss-reactive ketones (excluding diaryl/α,β-unsaturated/α-hetero) is 1. The molecular weight excluding hydrogens is 456 g/mol. The summed E-state index contributed by atoms with van der Waals surface area (Å²) in [6.45, 7) is 0. The molecule has 0 aromatic heterocycles. The molecule has 3 aromatic rings. The SMILES string of the molecule is O=C(OC1C(=O)c2c(O)cc(O)cc2OC1c1cc(O)c(O)c(O)c1)c1cc(O)c(O)c(O)c1. The van der Waals surface area contributed by atoms with Gasteiger partial charge in [-0.2, -0.15) is 0 Å². The van der Waals surface area contributed by atoms with E-state index in [1.165, 1.54) is 0 Å². The minimum absolute atomic E-state index is 0.135. The average molecular weight is 472 g/mol. The van der Waals surface area contributed by atoms with Gasteiger partial charge in [-0.15, -0.1) is 0 Å². The molecule has 0 fully saturated rings. The van der Waals surface area contributed by atoms with E-state index in [9.17, 15) is 50.4 Å². The lowest BCUT2D eigenvalue weighted by molar-refractivity contribution is -0.0102. The van der Waals surface area contributed by atoms with Crippen LogP contribution in [-0.2, 0) is 4.74 Å². The summed E-state index contributed by atoms with van der Waals surface area (Å²) < 4.78 is 10.9. The Kier molecular flexibility index (Phi) is 5.12. The van der Waals surface area contributed by atoms with Crippen LogP contribution in [0.15, 0.2) is 36.4 Å². The molecule has 0 bridgehead atoms. The van der Waals surface area contributed by atoms with E-state index in [2.05, 4.69) is 0 Å². The topological polar surface area (TPSA) is 214 Å². The molecule has 2 atom stereocenters. The van der Waals surface area contributed by atoms with Crippen LogP contribution in [0.2, 0.25) is 0 Å². The molecule has 1 aliphatic heterocycles. The Bertz CT molecular complexity index is 1300. The highest BCUT2D eigenvalue weighted by molar-refractivity contribution is 6.07. The van der Waals surface area contributed by atoms with E-state index in [1.54, 1.807) is 0 Å². The van der Waals surface area contributed by atoms with Gasteiger partial charge < -0.3 is 50.3 Å². The largest absolute Gasteiger partial charge is 0.508 e. The van der Waals surface area contributed by atoms with Crippen LogP contribution in [0.5, 0.6) is 51.7 Å². The van der Waals surface area contributed by atoms with E-state index >= 15 is 0 Å². The molecule has 0 spiro atoms. The average Bonchev–Trinajstić information content (AvgIpc) is 2.76. The Labute approximate surface area is 189 Å². The van der Waals surface area contributed by atoms with E-state index in [4.69, 9.17) is 9.47 Å². The van der Waals surface area contributed by atoms with Gasteiger partial charge >= 0.3 is 5.97 Å². The van der Waals surface area contributed by atoms with Gasteiger partial charge in [0.15, 0.2) is 40.6 Å². The standard InChI is InChI=1S/C22H16O12/c23-9-5-10(24)16-15(6-9)33-20(7-1-11(25)17(29)12(26)2-7)21(19(16)31)34-22(32)8-3-13(27)18(30)14(28)4-8/h1-6,20-21,23-30H. The van der Waals surface area contributed by atoms with Gasteiger partial charge in [-0.1, -0.05) is 0 Å². The zero-order valence-electron chi connectivity index (χ0n) is 16.8. The van der Waals surface area contributed by atoms with Gasteiger partial charge in [0.25, 0.3) is 0 Å². The minimum atomic E-state index is -1.85. The van der Waals surface area contributed by atoms with Crippen LogP contribution in [0.25, 0.3) is 0 Å². The van der Waals surface area contributed by atoms with E-state index in [-0.39, 0.29) is 11.3 Å². The minimum Gasteiger partial charge on any atom is -0.508 e. The Morgan fingerprint density at radius 2 is 1.26 bits per heavy atom. The highest BCUT2D eigenvalue weighted by atomic mass is 16.6. The Morgan fingerprint density at radius 3 is 1.82 bits per heavy atom. The van der Waals surface area contributed by atoms with Gasteiger partial charge in [-0.05, 0) is 24.3 Å². The molecule has 0 radical (unpaired) electrons. The number of esters is 1. The third-order valence-corrected chi connectivity index (χ3v) is 5.06. The van der Waals surface area contributed by atoms with Crippen molar-refractivity contribution in [1.82, 2.24) is 0 Å². The number of rotatable bonds is 3. The molecule has 176 valence electrons. The molecular formula is C22H16O12. The maximum Gasteiger partial charge on any atom is 0.339 e. The number of aromatic hydroxyl groups is 8. The fourth-order valence-corrected chi connectivity index (χ4v) is 3.46. The van der Waals surface area contributed by atoms with Crippen LogP contribution < -0.4 is 4.74 Å². The Hall–Kier alpha value is -5.00. The summed E-state index contributed by atoms with van der Waals surface area (Å²) >= 11 is 0. The third kappa shape index (κ3) is 3.62. The second kappa shape index (κ2) is 7.85. The molecule has 1 aliphatic rings. The smallest absolute Gasteiger partial charge is 0.339 e. The van der Waals surface area contributed by atoms with E-state index in [0.29, 0.717) is 0 Å². The van der Waals surface area contributed by atoms with Gasteiger partial charge in [0.2, 0.25) is 11.9 Å². The van der Waals surface area contributed by atoms with E-state index < -0.39 is 81.1 Å². The van der Waals surface area contributed by atoms with Crippen molar-refractivity contribution in [3.63, 3.8) is 0 Å². The van der Waals surface area contributed by atoms with Crippen molar-refractivity contribution in [2.45, 2.75) is 12.2 Å². The molecule has 1 heterocycles. The molecule has 0 aliphatic carbocycles. The predicted octanol–water partition coefficient (Wildman–Crippen LogP) is 1.87. The van der Waals surface area contributed by atoms with E-state index in [1.807, 2.05) is 0 Å². The number of ketones is 1. The number of carbonyl (C=O) groups is 2. The number of benzene rings is 3. The monoisotopic (exact) mass is 472 g/mol. The molecule has 12 heteroatoms. The number of fused-ring (bicyclic) bond motifs is 1. The predicted molar refractivity (Wildman–Crippen MR) is 110 cm³/mol. The zero-order chi connectivity index (χ0) is 24.9. The summed E-state index contributed by atoms with van der Waals surface area (Å²) in [4.78, 5) is 25.9.